The number of halogens is 1. The van der Waals surface area contributed by atoms with Gasteiger partial charge in [0.1, 0.15) is 11.6 Å². The molecule has 0 atom stereocenters. The highest BCUT2D eigenvalue weighted by atomic mass is 79.9. The van der Waals surface area contributed by atoms with Gasteiger partial charge in [0.25, 0.3) is 0 Å². The van der Waals surface area contributed by atoms with Crippen LogP contribution >= 0.6 is 15.9 Å². The molecule has 0 aliphatic heterocycles. The summed E-state index contributed by atoms with van der Waals surface area (Å²) in [7, 11) is 1.95. The number of hydrogen-bond acceptors (Lipinski definition) is 3. The van der Waals surface area contributed by atoms with Gasteiger partial charge in [-0.25, -0.2) is 9.67 Å². The van der Waals surface area contributed by atoms with Crippen molar-refractivity contribution in [2.24, 2.45) is 7.05 Å². The second kappa shape index (κ2) is 5.44. The Hall–Kier alpha value is -1.95. The van der Waals surface area contributed by atoms with E-state index in [9.17, 15) is 0 Å². The monoisotopic (exact) mass is 345 g/mol. The Balaban J connectivity index is 2.00. The van der Waals surface area contributed by atoms with Crippen molar-refractivity contribution in [3.63, 3.8) is 0 Å². The molecule has 108 valence electrons. The second-order valence-corrected chi connectivity index (χ2v) is 5.93. The molecular weight excluding hydrogens is 330 g/mol. The first kappa shape index (κ1) is 14.0. The van der Waals surface area contributed by atoms with Gasteiger partial charge in [0.15, 0.2) is 0 Å². The standard InChI is InChI=1S/C15H16BrN5/c1-10-12(9-17-20(10)3)8-15-18-11(2)19-21(15)14-6-4-13(16)5-7-14/h4-7,9H,8H2,1-3H3. The van der Waals surface area contributed by atoms with E-state index in [-0.39, 0.29) is 0 Å². The molecule has 0 radical (unpaired) electrons. The molecule has 0 bridgehead atoms. The van der Waals surface area contributed by atoms with Gasteiger partial charge in [-0.05, 0) is 38.1 Å². The summed E-state index contributed by atoms with van der Waals surface area (Å²) in [5.41, 5.74) is 3.33. The van der Waals surface area contributed by atoms with Crippen LogP contribution in [0.1, 0.15) is 22.9 Å². The number of hydrogen-bond donors (Lipinski definition) is 0. The van der Waals surface area contributed by atoms with Crippen molar-refractivity contribution in [1.29, 1.82) is 0 Å². The molecule has 21 heavy (non-hydrogen) atoms. The summed E-state index contributed by atoms with van der Waals surface area (Å²) in [6, 6.07) is 8.06. The lowest BCUT2D eigenvalue weighted by molar-refractivity contribution is 0.736. The Labute approximate surface area is 131 Å². The van der Waals surface area contributed by atoms with E-state index >= 15 is 0 Å². The van der Waals surface area contributed by atoms with Crippen LogP contribution in [-0.4, -0.2) is 24.5 Å². The Morgan fingerprint density at radius 3 is 2.48 bits per heavy atom. The first-order valence-electron chi connectivity index (χ1n) is 6.70. The largest absolute Gasteiger partial charge is 0.273 e. The van der Waals surface area contributed by atoms with E-state index in [0.717, 1.165) is 33.9 Å². The van der Waals surface area contributed by atoms with Crippen molar-refractivity contribution in [2.75, 3.05) is 0 Å². The van der Waals surface area contributed by atoms with Gasteiger partial charge in [-0.3, -0.25) is 4.68 Å². The Morgan fingerprint density at radius 2 is 1.86 bits per heavy atom. The van der Waals surface area contributed by atoms with Crippen LogP contribution in [0.15, 0.2) is 34.9 Å². The minimum atomic E-state index is 0.719. The van der Waals surface area contributed by atoms with Gasteiger partial charge < -0.3 is 0 Å². The fourth-order valence-electron chi connectivity index (χ4n) is 2.25. The van der Waals surface area contributed by atoms with Crippen LogP contribution in [0.4, 0.5) is 0 Å². The molecule has 0 saturated heterocycles. The maximum absolute atomic E-state index is 4.56. The summed E-state index contributed by atoms with van der Waals surface area (Å²) < 4.78 is 4.82. The number of aromatic nitrogens is 5. The van der Waals surface area contributed by atoms with Gasteiger partial charge in [-0.15, -0.1) is 0 Å². The molecular formula is C15H16BrN5. The third kappa shape index (κ3) is 2.76. The molecule has 5 nitrogen and oxygen atoms in total. The van der Waals surface area contributed by atoms with Crippen molar-refractivity contribution in [3.8, 4) is 5.69 Å². The SMILES string of the molecule is Cc1nc(Cc2cnn(C)c2C)n(-c2ccc(Br)cc2)n1. The van der Waals surface area contributed by atoms with Crippen LogP contribution in [0.25, 0.3) is 5.69 Å². The van der Waals surface area contributed by atoms with Gasteiger partial charge in [0, 0.05) is 29.2 Å². The molecule has 2 aromatic heterocycles. The molecule has 0 N–H and O–H groups in total. The minimum Gasteiger partial charge on any atom is -0.273 e. The van der Waals surface area contributed by atoms with Crippen LogP contribution in [-0.2, 0) is 13.5 Å². The van der Waals surface area contributed by atoms with Crippen molar-refractivity contribution in [1.82, 2.24) is 24.5 Å². The Kier molecular flexibility index (Phi) is 3.63. The second-order valence-electron chi connectivity index (χ2n) is 5.02. The van der Waals surface area contributed by atoms with E-state index in [0.29, 0.717) is 0 Å². The normalized spacial score (nSPS) is 11.0. The number of rotatable bonds is 3. The zero-order valence-corrected chi connectivity index (χ0v) is 13.8. The number of benzene rings is 1. The summed E-state index contributed by atoms with van der Waals surface area (Å²) in [6.07, 6.45) is 2.61. The predicted molar refractivity (Wildman–Crippen MR) is 84.5 cm³/mol. The van der Waals surface area contributed by atoms with E-state index < -0.39 is 0 Å². The van der Waals surface area contributed by atoms with Crippen molar-refractivity contribution >= 4 is 15.9 Å². The van der Waals surface area contributed by atoms with Crippen molar-refractivity contribution < 1.29 is 0 Å². The highest BCUT2D eigenvalue weighted by Gasteiger charge is 2.13. The molecule has 6 heteroatoms. The maximum atomic E-state index is 4.56. The van der Waals surface area contributed by atoms with Gasteiger partial charge >= 0.3 is 0 Å². The summed E-state index contributed by atoms with van der Waals surface area (Å²) in [6.45, 7) is 3.98. The Morgan fingerprint density at radius 1 is 1.14 bits per heavy atom. The average molecular weight is 346 g/mol. The van der Waals surface area contributed by atoms with Crippen LogP contribution in [0.2, 0.25) is 0 Å². The first-order valence-corrected chi connectivity index (χ1v) is 7.50. The summed E-state index contributed by atoms with van der Waals surface area (Å²) in [4.78, 5) is 4.56. The van der Waals surface area contributed by atoms with Crippen LogP contribution in [0.3, 0.4) is 0 Å². The fourth-order valence-corrected chi connectivity index (χ4v) is 2.51. The third-order valence-electron chi connectivity index (χ3n) is 3.54. The fraction of sp³-hybridized carbons (Fsp3) is 0.267. The van der Waals surface area contributed by atoms with Crippen LogP contribution < -0.4 is 0 Å². The van der Waals surface area contributed by atoms with E-state index in [2.05, 4.69) is 38.0 Å². The summed E-state index contributed by atoms with van der Waals surface area (Å²) in [5, 5.41) is 8.79. The molecule has 1 aromatic carbocycles. The van der Waals surface area contributed by atoms with Gasteiger partial charge in [-0.1, -0.05) is 15.9 Å². The Bertz CT molecular complexity index is 770. The molecule has 2 heterocycles. The molecule has 3 rings (SSSR count). The maximum Gasteiger partial charge on any atom is 0.148 e. The van der Waals surface area contributed by atoms with E-state index in [1.165, 1.54) is 5.56 Å². The lowest BCUT2D eigenvalue weighted by Gasteiger charge is -2.06. The van der Waals surface area contributed by atoms with Crippen LogP contribution in [0.5, 0.6) is 0 Å². The predicted octanol–water partition coefficient (Wildman–Crippen LogP) is 2.97. The van der Waals surface area contributed by atoms with E-state index in [1.54, 1.807) is 0 Å². The molecule has 0 saturated carbocycles. The highest BCUT2D eigenvalue weighted by molar-refractivity contribution is 9.10. The topological polar surface area (TPSA) is 48.5 Å². The van der Waals surface area contributed by atoms with Gasteiger partial charge in [-0.2, -0.15) is 10.2 Å². The lowest BCUT2D eigenvalue weighted by Crippen LogP contribution is -2.04. The first-order chi connectivity index (χ1) is 10.0. The molecule has 0 aliphatic carbocycles. The molecule has 0 fully saturated rings. The molecule has 3 aromatic rings. The average Bonchev–Trinajstić information content (AvgIpc) is 2.97. The van der Waals surface area contributed by atoms with E-state index in [4.69, 9.17) is 0 Å². The summed E-state index contributed by atoms with van der Waals surface area (Å²) in [5.74, 6) is 1.69. The highest BCUT2D eigenvalue weighted by Crippen LogP contribution is 2.18. The zero-order chi connectivity index (χ0) is 15.0. The third-order valence-corrected chi connectivity index (χ3v) is 4.07. The lowest BCUT2D eigenvalue weighted by atomic mass is 10.2. The zero-order valence-electron chi connectivity index (χ0n) is 12.2. The quantitative estimate of drug-likeness (QED) is 0.733. The molecule has 0 amide bonds. The summed E-state index contributed by atoms with van der Waals surface area (Å²) >= 11 is 3.45. The van der Waals surface area contributed by atoms with Crippen LogP contribution in [0, 0.1) is 13.8 Å². The van der Waals surface area contributed by atoms with Gasteiger partial charge in [0.2, 0.25) is 0 Å². The minimum absolute atomic E-state index is 0.719. The van der Waals surface area contributed by atoms with Gasteiger partial charge in [0.05, 0.1) is 11.9 Å². The van der Waals surface area contributed by atoms with Crippen molar-refractivity contribution in [2.45, 2.75) is 20.3 Å². The van der Waals surface area contributed by atoms with E-state index in [1.807, 2.05) is 53.8 Å². The molecule has 0 aliphatic rings. The molecule has 0 spiro atoms. The smallest absolute Gasteiger partial charge is 0.148 e. The molecule has 0 unspecified atom stereocenters. The van der Waals surface area contributed by atoms with Crippen molar-refractivity contribution in [3.05, 3.63) is 57.8 Å². The number of aryl methyl sites for hydroxylation is 2. The number of nitrogens with zero attached hydrogens (tertiary/aromatic N) is 5.